The van der Waals surface area contributed by atoms with Crippen molar-refractivity contribution in [1.82, 2.24) is 0 Å². The minimum Gasteiger partial charge on any atom is -0.379 e. The number of ether oxygens (including phenoxy) is 3. The third kappa shape index (κ3) is 7.88. The summed E-state index contributed by atoms with van der Waals surface area (Å²) >= 11 is 0. The molecule has 0 saturated carbocycles. The molecule has 61 valence electrons. The molecular formula is C7H15O3. The molecule has 0 aromatic carbocycles. The van der Waals surface area contributed by atoms with E-state index in [0.717, 1.165) is 6.61 Å². The zero-order valence-corrected chi connectivity index (χ0v) is 6.47. The highest BCUT2D eigenvalue weighted by Gasteiger charge is 1.85. The molecule has 0 fully saturated rings. The van der Waals surface area contributed by atoms with Crippen LogP contribution in [0.1, 0.15) is 6.92 Å². The summed E-state index contributed by atoms with van der Waals surface area (Å²) in [5.74, 6) is 0. The lowest BCUT2D eigenvalue weighted by molar-refractivity contribution is -0.0608. The van der Waals surface area contributed by atoms with Crippen LogP contribution in [0.2, 0.25) is 0 Å². The van der Waals surface area contributed by atoms with Gasteiger partial charge in [0.05, 0.1) is 13.2 Å². The maximum Gasteiger partial charge on any atom is 0.146 e. The molecule has 0 atom stereocenters. The van der Waals surface area contributed by atoms with Gasteiger partial charge in [0.15, 0.2) is 0 Å². The zero-order valence-electron chi connectivity index (χ0n) is 6.47. The second-order valence-electron chi connectivity index (χ2n) is 1.63. The monoisotopic (exact) mass is 147 g/mol. The first-order chi connectivity index (χ1) is 4.91. The number of hydrogen-bond acceptors (Lipinski definition) is 3. The largest absolute Gasteiger partial charge is 0.379 e. The molecule has 0 heterocycles. The van der Waals surface area contributed by atoms with Crippen molar-refractivity contribution in [3.8, 4) is 0 Å². The van der Waals surface area contributed by atoms with Gasteiger partial charge in [-0.25, -0.2) is 0 Å². The van der Waals surface area contributed by atoms with Crippen LogP contribution >= 0.6 is 0 Å². The minimum atomic E-state index is 0.316. The van der Waals surface area contributed by atoms with Gasteiger partial charge in [-0.1, -0.05) is 0 Å². The molecular weight excluding hydrogens is 132 g/mol. The lowest BCUT2D eigenvalue weighted by atomic mass is 10.7. The topological polar surface area (TPSA) is 27.7 Å². The van der Waals surface area contributed by atoms with Crippen molar-refractivity contribution in [3.05, 3.63) is 6.92 Å². The summed E-state index contributed by atoms with van der Waals surface area (Å²) in [4.78, 5) is 0. The summed E-state index contributed by atoms with van der Waals surface area (Å²) in [7, 11) is 0. The van der Waals surface area contributed by atoms with E-state index < -0.39 is 0 Å². The molecule has 0 spiro atoms. The standard InChI is InChI=1S/C7H15O3/c1-3-8-5-6-10-7-9-4-2/h2-7H2,1H3. The number of hydrogen-bond donors (Lipinski definition) is 0. The molecule has 0 amide bonds. The third-order valence-electron chi connectivity index (χ3n) is 0.887. The Morgan fingerprint density at radius 1 is 1.10 bits per heavy atom. The van der Waals surface area contributed by atoms with Gasteiger partial charge in [0.25, 0.3) is 0 Å². The predicted molar refractivity (Wildman–Crippen MR) is 38.6 cm³/mol. The summed E-state index contributed by atoms with van der Waals surface area (Å²) in [6, 6.07) is 0. The van der Waals surface area contributed by atoms with Gasteiger partial charge in [0.2, 0.25) is 0 Å². The van der Waals surface area contributed by atoms with Crippen molar-refractivity contribution in [2.24, 2.45) is 0 Å². The Morgan fingerprint density at radius 3 is 2.40 bits per heavy atom. The summed E-state index contributed by atoms with van der Waals surface area (Å²) in [6.07, 6.45) is 0. The van der Waals surface area contributed by atoms with E-state index in [9.17, 15) is 0 Å². The van der Waals surface area contributed by atoms with Gasteiger partial charge in [-0.05, 0) is 13.8 Å². The Bertz CT molecular complexity index is 48.8. The van der Waals surface area contributed by atoms with E-state index in [1.54, 1.807) is 0 Å². The van der Waals surface area contributed by atoms with Gasteiger partial charge in [-0.3, -0.25) is 0 Å². The molecule has 0 rings (SSSR count). The molecule has 0 aliphatic heterocycles. The fraction of sp³-hybridized carbons (Fsp3) is 0.857. The SMILES string of the molecule is [CH2]COCOCCOCC. The van der Waals surface area contributed by atoms with Crippen molar-refractivity contribution >= 4 is 0 Å². The van der Waals surface area contributed by atoms with E-state index in [2.05, 4.69) is 6.92 Å². The van der Waals surface area contributed by atoms with Gasteiger partial charge >= 0.3 is 0 Å². The Balaban J connectivity index is 2.65. The highest BCUT2D eigenvalue weighted by Crippen LogP contribution is 1.79. The summed E-state index contributed by atoms with van der Waals surface area (Å²) in [5.41, 5.74) is 0. The fourth-order valence-electron chi connectivity index (χ4n) is 0.439. The van der Waals surface area contributed by atoms with Crippen LogP contribution in [0.3, 0.4) is 0 Å². The zero-order chi connectivity index (χ0) is 7.66. The molecule has 3 heteroatoms. The average molecular weight is 147 g/mol. The van der Waals surface area contributed by atoms with Crippen LogP contribution in [0.25, 0.3) is 0 Å². The summed E-state index contributed by atoms with van der Waals surface area (Å²) < 4.78 is 14.8. The highest BCUT2D eigenvalue weighted by atomic mass is 16.7. The van der Waals surface area contributed by atoms with E-state index in [-0.39, 0.29) is 0 Å². The molecule has 0 aliphatic carbocycles. The van der Waals surface area contributed by atoms with Gasteiger partial charge in [-0.2, -0.15) is 0 Å². The van der Waals surface area contributed by atoms with Crippen molar-refractivity contribution in [3.63, 3.8) is 0 Å². The molecule has 0 N–H and O–H groups in total. The van der Waals surface area contributed by atoms with Crippen molar-refractivity contribution in [2.75, 3.05) is 33.2 Å². The normalized spacial score (nSPS) is 10.2. The second kappa shape index (κ2) is 8.88. The first-order valence-electron chi connectivity index (χ1n) is 3.44. The minimum absolute atomic E-state index is 0.316. The second-order valence-corrected chi connectivity index (χ2v) is 1.63. The summed E-state index contributed by atoms with van der Waals surface area (Å²) in [6.45, 7) is 8.17. The molecule has 0 saturated heterocycles. The van der Waals surface area contributed by atoms with Crippen LogP contribution in [0, 0.1) is 6.92 Å². The lowest BCUT2D eigenvalue weighted by Crippen LogP contribution is -2.06. The van der Waals surface area contributed by atoms with Crippen molar-refractivity contribution < 1.29 is 14.2 Å². The summed E-state index contributed by atoms with van der Waals surface area (Å²) in [5, 5.41) is 0. The van der Waals surface area contributed by atoms with Gasteiger partial charge in [0, 0.05) is 13.2 Å². The Kier molecular flexibility index (Phi) is 8.77. The molecule has 0 aromatic rings. The Labute approximate surface area is 62.3 Å². The van der Waals surface area contributed by atoms with Crippen molar-refractivity contribution in [1.29, 1.82) is 0 Å². The molecule has 3 nitrogen and oxygen atoms in total. The molecule has 0 aliphatic rings. The maximum absolute atomic E-state index is 5.02. The van der Waals surface area contributed by atoms with Crippen LogP contribution in [0.4, 0.5) is 0 Å². The third-order valence-corrected chi connectivity index (χ3v) is 0.887. The van der Waals surface area contributed by atoms with E-state index in [1.807, 2.05) is 6.92 Å². The fourth-order valence-corrected chi connectivity index (χ4v) is 0.439. The maximum atomic E-state index is 5.02. The smallest absolute Gasteiger partial charge is 0.146 e. The van der Waals surface area contributed by atoms with E-state index >= 15 is 0 Å². The molecule has 0 bridgehead atoms. The lowest BCUT2D eigenvalue weighted by Gasteiger charge is -2.02. The molecule has 0 unspecified atom stereocenters. The highest BCUT2D eigenvalue weighted by molar-refractivity contribution is 4.27. The van der Waals surface area contributed by atoms with E-state index in [1.165, 1.54) is 0 Å². The quantitative estimate of drug-likeness (QED) is 0.394. The molecule has 10 heavy (non-hydrogen) atoms. The Morgan fingerprint density at radius 2 is 1.80 bits per heavy atom. The van der Waals surface area contributed by atoms with Crippen LogP contribution in [0.5, 0.6) is 0 Å². The average Bonchev–Trinajstić information content (AvgIpc) is 1.97. The predicted octanol–water partition coefficient (Wildman–Crippen LogP) is 0.848. The first kappa shape index (κ1) is 9.88. The van der Waals surface area contributed by atoms with E-state index in [0.29, 0.717) is 26.6 Å². The Hall–Kier alpha value is -0.120. The van der Waals surface area contributed by atoms with Gasteiger partial charge in [0.1, 0.15) is 6.79 Å². The van der Waals surface area contributed by atoms with Crippen LogP contribution in [0.15, 0.2) is 0 Å². The first-order valence-corrected chi connectivity index (χ1v) is 3.44. The van der Waals surface area contributed by atoms with Crippen LogP contribution in [-0.4, -0.2) is 33.2 Å². The van der Waals surface area contributed by atoms with Crippen molar-refractivity contribution in [2.45, 2.75) is 6.92 Å². The van der Waals surface area contributed by atoms with E-state index in [4.69, 9.17) is 14.2 Å². The van der Waals surface area contributed by atoms with Crippen LogP contribution < -0.4 is 0 Å². The number of rotatable bonds is 7. The van der Waals surface area contributed by atoms with Gasteiger partial charge in [-0.15, -0.1) is 0 Å². The molecule has 0 aromatic heterocycles. The van der Waals surface area contributed by atoms with Crippen LogP contribution in [-0.2, 0) is 14.2 Å². The molecule has 1 radical (unpaired) electrons. The van der Waals surface area contributed by atoms with Gasteiger partial charge < -0.3 is 14.2 Å².